The number of nitrogens with zero attached hydrogens (tertiary/aromatic N) is 1. The smallest absolute Gasteiger partial charge is 0.264 e. The minimum Gasteiger partial charge on any atom is -0.268 e. The summed E-state index contributed by atoms with van der Waals surface area (Å²) in [7, 11) is 0. The van der Waals surface area contributed by atoms with Crippen LogP contribution < -0.4 is 5.56 Å². The van der Waals surface area contributed by atoms with Crippen LogP contribution in [0.2, 0.25) is 0 Å². The van der Waals surface area contributed by atoms with E-state index in [1.807, 2.05) is 30.3 Å². The van der Waals surface area contributed by atoms with Gasteiger partial charge in [-0.2, -0.15) is 5.10 Å². The van der Waals surface area contributed by atoms with Crippen LogP contribution in [-0.4, -0.2) is 10.2 Å². The minimum absolute atomic E-state index is 0.136. The molecule has 3 nitrogen and oxygen atoms in total. The fraction of sp³-hybridized carbons (Fsp3) is 0.231. The van der Waals surface area contributed by atoms with Crippen LogP contribution in [0.15, 0.2) is 41.2 Å². The number of benzene rings is 1. The summed E-state index contributed by atoms with van der Waals surface area (Å²) >= 11 is 0. The van der Waals surface area contributed by atoms with Gasteiger partial charge in [0.2, 0.25) is 0 Å². The van der Waals surface area contributed by atoms with E-state index in [1.54, 1.807) is 6.07 Å². The van der Waals surface area contributed by atoms with Crippen LogP contribution in [0, 0.1) is 0 Å². The van der Waals surface area contributed by atoms with Gasteiger partial charge in [0.1, 0.15) is 0 Å². The molecular formula is C13H14N2O. The van der Waals surface area contributed by atoms with Crippen molar-refractivity contribution in [1.82, 2.24) is 10.2 Å². The van der Waals surface area contributed by atoms with Crippen LogP contribution in [0.1, 0.15) is 18.9 Å². The molecule has 0 aliphatic carbocycles. The summed E-state index contributed by atoms with van der Waals surface area (Å²) in [5.74, 6) is 0. The summed E-state index contributed by atoms with van der Waals surface area (Å²) in [4.78, 5) is 11.2. The van der Waals surface area contributed by atoms with Crippen molar-refractivity contribution in [2.24, 2.45) is 0 Å². The molecular weight excluding hydrogens is 200 g/mol. The van der Waals surface area contributed by atoms with E-state index >= 15 is 0 Å². The van der Waals surface area contributed by atoms with Gasteiger partial charge in [-0.3, -0.25) is 4.79 Å². The predicted octanol–water partition coefficient (Wildman–Crippen LogP) is 2.39. The van der Waals surface area contributed by atoms with E-state index in [9.17, 15) is 4.79 Å². The summed E-state index contributed by atoms with van der Waals surface area (Å²) in [5.41, 5.74) is 2.80. The monoisotopic (exact) mass is 214 g/mol. The Balaban J connectivity index is 2.52. The third kappa shape index (κ3) is 2.19. The molecule has 1 aromatic heterocycles. The summed E-state index contributed by atoms with van der Waals surface area (Å²) < 4.78 is 0. The lowest BCUT2D eigenvalue weighted by molar-refractivity contribution is 0.886. The summed E-state index contributed by atoms with van der Waals surface area (Å²) in [6.07, 6.45) is 1.88. The molecule has 0 spiro atoms. The lowest BCUT2D eigenvalue weighted by atomic mass is 10.0. The van der Waals surface area contributed by atoms with E-state index in [2.05, 4.69) is 17.1 Å². The molecule has 0 aliphatic rings. The van der Waals surface area contributed by atoms with Crippen molar-refractivity contribution in [2.45, 2.75) is 19.8 Å². The number of aromatic amines is 1. The van der Waals surface area contributed by atoms with Crippen molar-refractivity contribution in [3.8, 4) is 11.3 Å². The Morgan fingerprint density at radius 3 is 2.69 bits per heavy atom. The maximum absolute atomic E-state index is 11.2. The topological polar surface area (TPSA) is 45.8 Å². The zero-order chi connectivity index (χ0) is 11.4. The first-order valence-electron chi connectivity index (χ1n) is 5.45. The molecule has 2 aromatic rings. The quantitative estimate of drug-likeness (QED) is 0.852. The molecule has 1 heterocycles. The van der Waals surface area contributed by atoms with Crippen LogP contribution in [0.25, 0.3) is 11.3 Å². The van der Waals surface area contributed by atoms with Crippen LogP contribution in [0.5, 0.6) is 0 Å². The Kier molecular flexibility index (Phi) is 3.15. The van der Waals surface area contributed by atoms with Crippen molar-refractivity contribution in [3.63, 3.8) is 0 Å². The van der Waals surface area contributed by atoms with E-state index in [0.717, 1.165) is 29.7 Å². The third-order valence-electron chi connectivity index (χ3n) is 2.45. The SMILES string of the molecule is CCCc1cc(=O)[nH]nc1-c1ccccc1. The van der Waals surface area contributed by atoms with Gasteiger partial charge in [-0.05, 0) is 12.0 Å². The lowest BCUT2D eigenvalue weighted by Crippen LogP contribution is -2.10. The minimum atomic E-state index is -0.136. The van der Waals surface area contributed by atoms with E-state index in [0.29, 0.717) is 0 Å². The number of hydrogen-bond donors (Lipinski definition) is 1. The van der Waals surface area contributed by atoms with Crippen molar-refractivity contribution in [3.05, 3.63) is 52.3 Å². The highest BCUT2D eigenvalue weighted by molar-refractivity contribution is 5.62. The van der Waals surface area contributed by atoms with Crippen molar-refractivity contribution in [2.75, 3.05) is 0 Å². The molecule has 16 heavy (non-hydrogen) atoms. The van der Waals surface area contributed by atoms with Gasteiger partial charge in [0.15, 0.2) is 0 Å². The van der Waals surface area contributed by atoms with Crippen molar-refractivity contribution in [1.29, 1.82) is 0 Å². The largest absolute Gasteiger partial charge is 0.268 e. The van der Waals surface area contributed by atoms with Gasteiger partial charge in [-0.15, -0.1) is 0 Å². The maximum Gasteiger partial charge on any atom is 0.264 e. The zero-order valence-electron chi connectivity index (χ0n) is 9.23. The highest BCUT2D eigenvalue weighted by Gasteiger charge is 2.06. The molecule has 82 valence electrons. The van der Waals surface area contributed by atoms with Gasteiger partial charge in [0.05, 0.1) is 5.69 Å². The third-order valence-corrected chi connectivity index (χ3v) is 2.45. The number of rotatable bonds is 3. The van der Waals surface area contributed by atoms with E-state index in [1.165, 1.54) is 0 Å². The number of aryl methyl sites for hydroxylation is 1. The average Bonchev–Trinajstić information content (AvgIpc) is 2.31. The Morgan fingerprint density at radius 2 is 2.00 bits per heavy atom. The molecule has 0 saturated heterocycles. The van der Waals surface area contributed by atoms with Gasteiger partial charge in [0.25, 0.3) is 5.56 Å². The normalized spacial score (nSPS) is 10.3. The lowest BCUT2D eigenvalue weighted by Gasteiger charge is -2.06. The predicted molar refractivity (Wildman–Crippen MR) is 64.3 cm³/mol. The molecule has 0 amide bonds. The highest BCUT2D eigenvalue weighted by Crippen LogP contribution is 2.19. The molecule has 1 aromatic carbocycles. The Labute approximate surface area is 94.2 Å². The van der Waals surface area contributed by atoms with Gasteiger partial charge in [-0.1, -0.05) is 43.7 Å². The number of aromatic nitrogens is 2. The maximum atomic E-state index is 11.2. The fourth-order valence-electron chi connectivity index (χ4n) is 1.75. The van der Waals surface area contributed by atoms with Crippen LogP contribution >= 0.6 is 0 Å². The fourth-order valence-corrected chi connectivity index (χ4v) is 1.75. The second-order valence-electron chi connectivity index (χ2n) is 3.72. The van der Waals surface area contributed by atoms with E-state index < -0.39 is 0 Å². The second kappa shape index (κ2) is 4.75. The molecule has 0 radical (unpaired) electrons. The first-order chi connectivity index (χ1) is 7.81. The van der Waals surface area contributed by atoms with Gasteiger partial charge < -0.3 is 0 Å². The van der Waals surface area contributed by atoms with Crippen LogP contribution in [-0.2, 0) is 6.42 Å². The molecule has 0 saturated carbocycles. The van der Waals surface area contributed by atoms with Crippen molar-refractivity contribution < 1.29 is 0 Å². The first kappa shape index (κ1) is 10.6. The molecule has 2 rings (SSSR count). The van der Waals surface area contributed by atoms with Gasteiger partial charge >= 0.3 is 0 Å². The van der Waals surface area contributed by atoms with Crippen molar-refractivity contribution >= 4 is 0 Å². The Bertz CT molecular complexity index is 517. The van der Waals surface area contributed by atoms with Gasteiger partial charge in [0, 0.05) is 11.6 Å². The number of nitrogens with one attached hydrogen (secondary N) is 1. The summed E-state index contributed by atoms with van der Waals surface area (Å²) in [6, 6.07) is 11.5. The van der Waals surface area contributed by atoms with Crippen LogP contribution in [0.3, 0.4) is 0 Å². The molecule has 3 heteroatoms. The van der Waals surface area contributed by atoms with Gasteiger partial charge in [-0.25, -0.2) is 5.10 Å². The highest BCUT2D eigenvalue weighted by atomic mass is 16.1. The molecule has 0 aliphatic heterocycles. The number of H-pyrrole nitrogens is 1. The Hall–Kier alpha value is -1.90. The Morgan fingerprint density at radius 1 is 1.25 bits per heavy atom. The zero-order valence-corrected chi connectivity index (χ0v) is 9.23. The molecule has 0 fully saturated rings. The molecule has 0 unspecified atom stereocenters. The molecule has 1 N–H and O–H groups in total. The summed E-state index contributed by atoms with van der Waals surface area (Å²) in [6.45, 7) is 2.09. The average molecular weight is 214 g/mol. The van der Waals surface area contributed by atoms with E-state index in [-0.39, 0.29) is 5.56 Å². The first-order valence-corrected chi connectivity index (χ1v) is 5.45. The van der Waals surface area contributed by atoms with Crippen LogP contribution in [0.4, 0.5) is 0 Å². The molecule has 0 bridgehead atoms. The second-order valence-corrected chi connectivity index (χ2v) is 3.72. The summed E-state index contributed by atoms with van der Waals surface area (Å²) in [5, 5.41) is 6.62. The number of hydrogen-bond acceptors (Lipinski definition) is 2. The standard InChI is InChI=1S/C13H14N2O/c1-2-6-11-9-12(16)14-15-13(11)10-7-4-3-5-8-10/h3-5,7-9H,2,6H2,1H3,(H,14,16). The molecule has 0 atom stereocenters. The van der Waals surface area contributed by atoms with E-state index in [4.69, 9.17) is 0 Å².